The lowest BCUT2D eigenvalue weighted by molar-refractivity contribution is 0.497. The molecule has 0 saturated heterocycles. The second kappa shape index (κ2) is 4.23. The van der Waals surface area contributed by atoms with E-state index in [0.717, 1.165) is 11.3 Å². The molecule has 4 nitrogen and oxygen atoms in total. The van der Waals surface area contributed by atoms with Crippen molar-refractivity contribution in [1.82, 2.24) is 9.55 Å². The van der Waals surface area contributed by atoms with E-state index >= 15 is 0 Å². The van der Waals surface area contributed by atoms with Crippen LogP contribution in [0.4, 0.5) is 5.95 Å². The van der Waals surface area contributed by atoms with E-state index in [2.05, 4.69) is 4.98 Å². The molecule has 0 aliphatic carbocycles. The number of furan rings is 1. The second-order valence-electron chi connectivity index (χ2n) is 3.89. The zero-order chi connectivity index (χ0) is 12.7. The second-order valence-corrected chi connectivity index (χ2v) is 4.70. The molecule has 0 aliphatic rings. The maximum atomic E-state index is 6.01. The van der Waals surface area contributed by atoms with Crippen molar-refractivity contribution in [3.63, 3.8) is 0 Å². The lowest BCUT2D eigenvalue weighted by Gasteiger charge is -2.04. The number of nitrogens with zero attached hydrogens (tertiary/aromatic N) is 2. The first kappa shape index (κ1) is 11.4. The van der Waals surface area contributed by atoms with Crippen molar-refractivity contribution in [2.24, 2.45) is 0 Å². The number of anilines is 1. The van der Waals surface area contributed by atoms with Gasteiger partial charge in [0.25, 0.3) is 0 Å². The molecule has 0 aliphatic heterocycles. The Morgan fingerprint density at radius 1 is 1.28 bits per heavy atom. The van der Waals surface area contributed by atoms with Crippen LogP contribution >= 0.6 is 23.2 Å². The first-order chi connectivity index (χ1) is 8.65. The van der Waals surface area contributed by atoms with Crippen molar-refractivity contribution in [3.8, 4) is 0 Å². The summed E-state index contributed by atoms with van der Waals surface area (Å²) >= 11 is 12.0. The minimum Gasteiger partial charge on any atom is -0.467 e. The highest BCUT2D eigenvalue weighted by Gasteiger charge is 2.12. The maximum Gasteiger partial charge on any atom is 0.201 e. The van der Waals surface area contributed by atoms with Gasteiger partial charge in [-0.1, -0.05) is 23.2 Å². The number of fused-ring (bicyclic) bond motifs is 1. The maximum absolute atomic E-state index is 6.01. The van der Waals surface area contributed by atoms with Crippen LogP contribution in [-0.2, 0) is 6.54 Å². The van der Waals surface area contributed by atoms with Crippen molar-refractivity contribution < 1.29 is 4.42 Å². The number of imidazole rings is 1. The number of aromatic nitrogens is 2. The van der Waals surface area contributed by atoms with Crippen molar-refractivity contribution in [3.05, 3.63) is 46.3 Å². The topological polar surface area (TPSA) is 57.0 Å². The summed E-state index contributed by atoms with van der Waals surface area (Å²) in [4.78, 5) is 4.25. The molecule has 0 atom stereocenters. The highest BCUT2D eigenvalue weighted by atomic mass is 35.5. The molecule has 0 fully saturated rings. The summed E-state index contributed by atoms with van der Waals surface area (Å²) in [5, 5.41) is 0.941. The molecular weight excluding hydrogens is 273 g/mol. The van der Waals surface area contributed by atoms with Gasteiger partial charge in [0.1, 0.15) is 5.76 Å². The molecule has 0 amide bonds. The van der Waals surface area contributed by atoms with E-state index in [1.54, 1.807) is 18.4 Å². The van der Waals surface area contributed by atoms with Gasteiger partial charge in [-0.05, 0) is 24.3 Å². The molecule has 2 heterocycles. The van der Waals surface area contributed by atoms with Crippen LogP contribution in [0.2, 0.25) is 10.0 Å². The molecular formula is C12H9Cl2N3O. The third-order valence-corrected chi connectivity index (χ3v) is 3.44. The zero-order valence-corrected chi connectivity index (χ0v) is 10.7. The molecule has 92 valence electrons. The fraction of sp³-hybridized carbons (Fsp3) is 0.0833. The van der Waals surface area contributed by atoms with Gasteiger partial charge in [-0.2, -0.15) is 0 Å². The normalized spacial score (nSPS) is 11.2. The number of benzene rings is 1. The van der Waals surface area contributed by atoms with Gasteiger partial charge in [0.05, 0.1) is 33.9 Å². The Hall–Kier alpha value is -1.65. The van der Waals surface area contributed by atoms with Crippen LogP contribution in [0.3, 0.4) is 0 Å². The Labute approximate surface area is 113 Å². The van der Waals surface area contributed by atoms with Crippen LogP contribution in [-0.4, -0.2) is 9.55 Å². The molecule has 0 bridgehead atoms. The summed E-state index contributed by atoms with van der Waals surface area (Å²) in [6.07, 6.45) is 1.62. The fourth-order valence-corrected chi connectivity index (χ4v) is 2.18. The lowest BCUT2D eigenvalue weighted by atomic mass is 10.3. The standard InChI is InChI=1S/C12H9Cl2N3O/c13-8-4-10-11(5-9(8)14)17(12(15)16-10)6-7-2-1-3-18-7/h1-5H,6H2,(H2,15,16). The molecule has 0 radical (unpaired) electrons. The van der Waals surface area contributed by atoms with Crippen molar-refractivity contribution in [2.75, 3.05) is 5.73 Å². The number of halogens is 2. The van der Waals surface area contributed by atoms with Crippen molar-refractivity contribution >= 4 is 40.2 Å². The van der Waals surface area contributed by atoms with Gasteiger partial charge < -0.3 is 14.7 Å². The quantitative estimate of drug-likeness (QED) is 0.781. The number of hydrogen-bond donors (Lipinski definition) is 1. The van der Waals surface area contributed by atoms with Gasteiger partial charge in [-0.3, -0.25) is 0 Å². The summed E-state index contributed by atoms with van der Waals surface area (Å²) < 4.78 is 7.13. The Morgan fingerprint density at radius 3 is 2.78 bits per heavy atom. The predicted molar refractivity (Wildman–Crippen MR) is 72.0 cm³/mol. The minimum absolute atomic E-state index is 0.403. The summed E-state index contributed by atoms with van der Waals surface area (Å²) in [6.45, 7) is 0.507. The van der Waals surface area contributed by atoms with Gasteiger partial charge in [-0.25, -0.2) is 4.98 Å². The smallest absolute Gasteiger partial charge is 0.201 e. The largest absolute Gasteiger partial charge is 0.467 e. The molecule has 2 N–H and O–H groups in total. The molecule has 0 unspecified atom stereocenters. The zero-order valence-electron chi connectivity index (χ0n) is 9.23. The average molecular weight is 282 g/mol. The van der Waals surface area contributed by atoms with Gasteiger partial charge in [-0.15, -0.1) is 0 Å². The predicted octanol–water partition coefficient (Wildman–Crippen LogP) is 3.57. The third-order valence-electron chi connectivity index (χ3n) is 2.71. The summed E-state index contributed by atoms with van der Waals surface area (Å²) in [5.41, 5.74) is 7.44. The lowest BCUT2D eigenvalue weighted by Crippen LogP contribution is -2.03. The summed E-state index contributed by atoms with van der Waals surface area (Å²) in [5.74, 6) is 1.20. The Bertz CT molecular complexity index is 704. The fourth-order valence-electron chi connectivity index (χ4n) is 1.86. The first-order valence-corrected chi connectivity index (χ1v) is 6.04. The molecule has 0 saturated carbocycles. The van der Waals surface area contributed by atoms with Crippen molar-refractivity contribution in [2.45, 2.75) is 6.54 Å². The molecule has 6 heteroatoms. The number of nitrogens with two attached hydrogens (primary N) is 1. The van der Waals surface area contributed by atoms with E-state index < -0.39 is 0 Å². The Balaban J connectivity index is 2.16. The highest BCUT2D eigenvalue weighted by molar-refractivity contribution is 6.42. The highest BCUT2D eigenvalue weighted by Crippen LogP contribution is 2.29. The van der Waals surface area contributed by atoms with Crippen LogP contribution in [0.5, 0.6) is 0 Å². The van der Waals surface area contributed by atoms with Crippen LogP contribution < -0.4 is 5.73 Å². The SMILES string of the molecule is Nc1nc2cc(Cl)c(Cl)cc2n1Cc1ccco1. The van der Waals surface area contributed by atoms with E-state index in [9.17, 15) is 0 Å². The third kappa shape index (κ3) is 1.83. The summed E-state index contributed by atoms with van der Waals surface area (Å²) in [6, 6.07) is 7.16. The average Bonchev–Trinajstić information content (AvgIpc) is 2.92. The Morgan fingerprint density at radius 2 is 2.06 bits per heavy atom. The molecule has 3 aromatic rings. The van der Waals surface area contributed by atoms with E-state index in [0.29, 0.717) is 28.1 Å². The number of nitrogen functional groups attached to an aromatic ring is 1. The molecule has 0 spiro atoms. The van der Waals surface area contributed by atoms with E-state index in [1.807, 2.05) is 16.7 Å². The molecule has 1 aromatic carbocycles. The number of rotatable bonds is 2. The Kier molecular flexibility index (Phi) is 2.69. The van der Waals surface area contributed by atoms with Gasteiger partial charge in [0, 0.05) is 0 Å². The number of hydrogen-bond acceptors (Lipinski definition) is 3. The molecule has 2 aromatic heterocycles. The van der Waals surface area contributed by atoms with Crippen LogP contribution in [0.1, 0.15) is 5.76 Å². The van der Waals surface area contributed by atoms with Gasteiger partial charge >= 0.3 is 0 Å². The minimum atomic E-state index is 0.403. The molecule has 3 rings (SSSR count). The monoisotopic (exact) mass is 281 g/mol. The van der Waals surface area contributed by atoms with Crippen molar-refractivity contribution in [1.29, 1.82) is 0 Å². The van der Waals surface area contributed by atoms with Crippen LogP contribution in [0.25, 0.3) is 11.0 Å². The van der Waals surface area contributed by atoms with Gasteiger partial charge in [0.2, 0.25) is 5.95 Å². The molecule has 18 heavy (non-hydrogen) atoms. The van der Waals surface area contributed by atoms with Gasteiger partial charge in [0.15, 0.2) is 0 Å². The summed E-state index contributed by atoms with van der Waals surface area (Å²) in [7, 11) is 0. The van der Waals surface area contributed by atoms with E-state index in [1.165, 1.54) is 0 Å². The van der Waals surface area contributed by atoms with Crippen LogP contribution in [0.15, 0.2) is 34.9 Å². The van der Waals surface area contributed by atoms with Crippen LogP contribution in [0, 0.1) is 0 Å². The van der Waals surface area contributed by atoms with E-state index in [4.69, 9.17) is 33.4 Å². The van der Waals surface area contributed by atoms with E-state index in [-0.39, 0.29) is 0 Å². The first-order valence-electron chi connectivity index (χ1n) is 5.28.